The first kappa shape index (κ1) is 20.0. The minimum absolute atomic E-state index is 0.0341. The van der Waals surface area contributed by atoms with Gasteiger partial charge in [-0.25, -0.2) is 0 Å². The number of aromatic nitrogens is 5. The molecular weight excluding hydrogens is 356 g/mol. The van der Waals surface area contributed by atoms with Crippen molar-refractivity contribution in [2.24, 2.45) is 0 Å². The second-order valence-electron chi connectivity index (χ2n) is 6.81. The second-order valence-corrected chi connectivity index (χ2v) is 6.81. The fraction of sp³-hybridized carbons (Fsp3) is 0.450. The van der Waals surface area contributed by atoms with Crippen LogP contribution in [0.5, 0.6) is 0 Å². The Kier molecular flexibility index (Phi) is 6.43. The molecule has 4 N–H and O–H groups in total. The quantitative estimate of drug-likeness (QED) is 0.449. The van der Waals surface area contributed by atoms with Gasteiger partial charge in [-0.2, -0.15) is 0 Å². The average Bonchev–Trinajstić information content (AvgIpc) is 3.25. The molecule has 0 fully saturated rings. The highest BCUT2D eigenvalue weighted by Crippen LogP contribution is 2.24. The predicted octanol–water partition coefficient (Wildman–Crippen LogP) is 1.76. The maximum absolute atomic E-state index is 12.0. The first-order chi connectivity index (χ1) is 13.6. The van der Waals surface area contributed by atoms with Gasteiger partial charge in [-0.05, 0) is 32.0 Å². The molecule has 0 radical (unpaired) electrons. The molecule has 0 bridgehead atoms. The zero-order chi connectivity index (χ0) is 20.1. The molecule has 0 aliphatic heterocycles. The Balaban J connectivity index is 1.91. The van der Waals surface area contributed by atoms with Crippen LogP contribution in [0.1, 0.15) is 42.1 Å². The van der Waals surface area contributed by atoms with Crippen LogP contribution in [0.15, 0.2) is 23.4 Å². The number of rotatable bonds is 9. The van der Waals surface area contributed by atoms with E-state index in [1.807, 2.05) is 6.92 Å². The fourth-order valence-electron chi connectivity index (χ4n) is 3.65. The number of aromatic amines is 3. The van der Waals surface area contributed by atoms with E-state index in [2.05, 4.69) is 43.9 Å². The third-order valence-corrected chi connectivity index (χ3v) is 5.27. The van der Waals surface area contributed by atoms with Crippen LogP contribution in [0, 0.1) is 6.92 Å². The lowest BCUT2D eigenvalue weighted by molar-refractivity contribution is 0.277. The lowest BCUT2D eigenvalue weighted by Crippen LogP contribution is -2.25. The van der Waals surface area contributed by atoms with Gasteiger partial charge >= 0.3 is 0 Å². The van der Waals surface area contributed by atoms with Crippen LogP contribution in [0.4, 0.5) is 0 Å². The van der Waals surface area contributed by atoms with E-state index in [1.54, 1.807) is 18.6 Å². The van der Waals surface area contributed by atoms with Gasteiger partial charge in [0.05, 0.1) is 23.6 Å². The molecule has 28 heavy (non-hydrogen) atoms. The summed E-state index contributed by atoms with van der Waals surface area (Å²) in [5.74, 6) is 0. The van der Waals surface area contributed by atoms with Crippen LogP contribution in [0.25, 0.3) is 11.3 Å². The minimum Gasteiger partial charge on any atom is -0.392 e. The number of H-pyrrole nitrogens is 3. The molecule has 3 rings (SSSR count). The molecule has 0 unspecified atom stereocenters. The molecule has 0 aromatic carbocycles. The summed E-state index contributed by atoms with van der Waals surface area (Å²) in [6, 6.07) is 0. The van der Waals surface area contributed by atoms with Crippen molar-refractivity contribution in [2.45, 2.75) is 40.2 Å². The summed E-state index contributed by atoms with van der Waals surface area (Å²) in [6.45, 7) is 9.29. The Hall–Kier alpha value is -2.71. The smallest absolute Gasteiger partial charge is 0.273 e. The summed E-state index contributed by atoms with van der Waals surface area (Å²) in [6.07, 6.45) is 6.14. The summed E-state index contributed by atoms with van der Waals surface area (Å²) in [4.78, 5) is 26.6. The van der Waals surface area contributed by atoms with Gasteiger partial charge in [0.1, 0.15) is 0 Å². The van der Waals surface area contributed by atoms with Crippen LogP contribution in [0.3, 0.4) is 0 Å². The number of hydrogen-bond acceptors (Lipinski definition) is 5. The third kappa shape index (κ3) is 4.07. The number of hydrogen-bond donors (Lipinski definition) is 4. The van der Waals surface area contributed by atoms with Crippen molar-refractivity contribution in [1.82, 2.24) is 30.0 Å². The average molecular weight is 384 g/mol. The minimum atomic E-state index is -0.230. The summed E-state index contributed by atoms with van der Waals surface area (Å²) >= 11 is 0. The lowest BCUT2D eigenvalue weighted by atomic mass is 10.0. The number of nitrogens with zero attached hydrogens (tertiary/aromatic N) is 3. The van der Waals surface area contributed by atoms with Crippen LogP contribution in [-0.4, -0.2) is 54.8 Å². The van der Waals surface area contributed by atoms with Crippen molar-refractivity contribution in [3.8, 4) is 11.3 Å². The van der Waals surface area contributed by atoms with Crippen molar-refractivity contribution in [3.05, 3.63) is 57.2 Å². The van der Waals surface area contributed by atoms with Crippen molar-refractivity contribution >= 4 is 0 Å². The molecule has 0 aliphatic carbocycles. The molecule has 0 amide bonds. The molecule has 0 saturated carbocycles. The lowest BCUT2D eigenvalue weighted by Gasteiger charge is -2.18. The second kappa shape index (κ2) is 8.99. The van der Waals surface area contributed by atoms with E-state index >= 15 is 0 Å². The van der Waals surface area contributed by atoms with Gasteiger partial charge in [0.2, 0.25) is 0 Å². The highest BCUT2D eigenvalue weighted by Gasteiger charge is 2.19. The van der Waals surface area contributed by atoms with Crippen LogP contribution < -0.4 is 5.56 Å². The summed E-state index contributed by atoms with van der Waals surface area (Å²) < 4.78 is 0. The van der Waals surface area contributed by atoms with Gasteiger partial charge in [0.25, 0.3) is 5.56 Å². The molecule has 0 spiro atoms. The Morgan fingerprint density at radius 1 is 1.14 bits per heavy atom. The van der Waals surface area contributed by atoms with Crippen LogP contribution in [-0.2, 0) is 19.4 Å². The zero-order valence-electron chi connectivity index (χ0n) is 16.7. The topological polar surface area (TPSA) is 114 Å². The van der Waals surface area contributed by atoms with Crippen molar-refractivity contribution in [1.29, 1.82) is 0 Å². The molecule has 0 saturated heterocycles. The molecule has 3 aromatic heterocycles. The van der Waals surface area contributed by atoms with E-state index < -0.39 is 0 Å². The Bertz CT molecular complexity index is 967. The molecular formula is C20H28N6O2. The Morgan fingerprint density at radius 2 is 1.89 bits per heavy atom. The summed E-state index contributed by atoms with van der Waals surface area (Å²) in [5.41, 5.74) is 5.54. The number of aliphatic hydroxyl groups excluding tert-OH is 1. The zero-order valence-corrected chi connectivity index (χ0v) is 16.7. The highest BCUT2D eigenvalue weighted by atomic mass is 16.3. The molecule has 0 aliphatic rings. The van der Waals surface area contributed by atoms with E-state index in [0.29, 0.717) is 23.4 Å². The monoisotopic (exact) mass is 384 g/mol. The van der Waals surface area contributed by atoms with Crippen LogP contribution in [0.2, 0.25) is 0 Å². The maximum atomic E-state index is 12.0. The van der Waals surface area contributed by atoms with E-state index in [1.165, 1.54) is 0 Å². The fourth-order valence-corrected chi connectivity index (χ4v) is 3.65. The van der Waals surface area contributed by atoms with E-state index in [9.17, 15) is 9.90 Å². The van der Waals surface area contributed by atoms with E-state index in [4.69, 9.17) is 0 Å². The highest BCUT2D eigenvalue weighted by molar-refractivity contribution is 5.60. The normalized spacial score (nSPS) is 11.5. The largest absolute Gasteiger partial charge is 0.392 e. The Labute approximate surface area is 164 Å². The van der Waals surface area contributed by atoms with Crippen molar-refractivity contribution in [3.63, 3.8) is 0 Å². The van der Waals surface area contributed by atoms with Gasteiger partial charge in [0.15, 0.2) is 0 Å². The first-order valence-corrected chi connectivity index (χ1v) is 9.67. The SMILES string of the molecule is CCN(CC)CCc1c(C)[nH]c(Cc2nccnc2-c2c[nH][nH]c2=O)c1CO. The Morgan fingerprint density at radius 3 is 2.54 bits per heavy atom. The van der Waals surface area contributed by atoms with Gasteiger partial charge in [0, 0.05) is 48.5 Å². The first-order valence-electron chi connectivity index (χ1n) is 9.67. The maximum Gasteiger partial charge on any atom is 0.273 e. The number of aliphatic hydroxyl groups is 1. The number of nitrogens with one attached hydrogen (secondary N) is 3. The molecule has 150 valence electrons. The third-order valence-electron chi connectivity index (χ3n) is 5.27. The van der Waals surface area contributed by atoms with Gasteiger partial charge in [-0.3, -0.25) is 19.9 Å². The summed E-state index contributed by atoms with van der Waals surface area (Å²) in [5, 5.41) is 15.3. The van der Waals surface area contributed by atoms with Crippen molar-refractivity contribution in [2.75, 3.05) is 19.6 Å². The van der Waals surface area contributed by atoms with Crippen LogP contribution >= 0.6 is 0 Å². The summed E-state index contributed by atoms with van der Waals surface area (Å²) in [7, 11) is 0. The molecule has 3 aromatic rings. The molecule has 0 atom stereocenters. The molecule has 3 heterocycles. The number of aryl methyl sites for hydroxylation is 1. The van der Waals surface area contributed by atoms with Gasteiger partial charge in [-0.1, -0.05) is 13.8 Å². The standard InChI is InChI=1S/C20H28N6O2/c1-4-26(5-2)9-6-14-13(3)24-17(16(14)12-27)10-18-19(22-8-7-21-18)15-11-23-25-20(15)28/h7-8,11,24,27H,4-6,9-10,12H2,1-3H3,(H2,23,25,28). The molecule has 8 heteroatoms. The predicted molar refractivity (Wildman–Crippen MR) is 108 cm³/mol. The van der Waals surface area contributed by atoms with Crippen molar-refractivity contribution < 1.29 is 5.11 Å². The van der Waals surface area contributed by atoms with Gasteiger partial charge < -0.3 is 20.1 Å². The van der Waals surface area contributed by atoms with E-state index in [-0.39, 0.29) is 12.2 Å². The number of likely N-dealkylation sites (N-methyl/N-ethyl adjacent to an activating group) is 1. The molecule has 8 nitrogen and oxygen atoms in total. The van der Waals surface area contributed by atoms with E-state index in [0.717, 1.165) is 48.6 Å². The van der Waals surface area contributed by atoms with Gasteiger partial charge in [-0.15, -0.1) is 0 Å².